The van der Waals surface area contributed by atoms with Crippen molar-refractivity contribution < 1.29 is 19.4 Å². The fourth-order valence-corrected chi connectivity index (χ4v) is 8.37. The van der Waals surface area contributed by atoms with Crippen LogP contribution in [0, 0.1) is 34.0 Å². The summed E-state index contributed by atoms with van der Waals surface area (Å²) in [4.78, 5) is 24.1. The molecule has 4 heteroatoms. The Hall–Kier alpha value is -0.900. The summed E-state index contributed by atoms with van der Waals surface area (Å²) in [7, 11) is 0. The number of Topliss-reactive ketones (excluding diaryl/α,β-unsaturated/α-hetero) is 1. The van der Waals surface area contributed by atoms with Gasteiger partial charge >= 0.3 is 5.97 Å². The standard InChI is InChI=1S/C24H38O4/c1-16(25)28-15-20(26)24(27)14-9-19-17-7-12-21(2)10-5-6-11-22(21,3)18(17)8-13-23(19,24)4/h17-19,27H,5-15H2,1-4H3/t17-,18-,19-,21-,22-,23-,24+/m1/s1. The van der Waals surface area contributed by atoms with E-state index in [-0.39, 0.29) is 17.8 Å². The van der Waals surface area contributed by atoms with Crippen molar-refractivity contribution in [2.45, 2.75) is 97.5 Å². The van der Waals surface area contributed by atoms with Gasteiger partial charge in [0.1, 0.15) is 5.60 Å². The molecule has 158 valence electrons. The van der Waals surface area contributed by atoms with E-state index in [1.807, 2.05) is 0 Å². The van der Waals surface area contributed by atoms with E-state index in [1.165, 1.54) is 45.4 Å². The SMILES string of the molecule is CC(=O)OCC(=O)[C@@]1(O)CC[C@@H]2[C@@H]3CC[C@@]4(C)CCCC[C@]4(C)[C@@H]3CC[C@]21C. The Morgan fingerprint density at radius 2 is 1.54 bits per heavy atom. The smallest absolute Gasteiger partial charge is 0.303 e. The molecule has 4 saturated carbocycles. The van der Waals surface area contributed by atoms with Crippen LogP contribution in [0.2, 0.25) is 0 Å². The van der Waals surface area contributed by atoms with Crippen molar-refractivity contribution in [2.75, 3.05) is 6.61 Å². The topological polar surface area (TPSA) is 63.6 Å². The molecule has 0 aliphatic heterocycles. The molecule has 7 atom stereocenters. The van der Waals surface area contributed by atoms with Gasteiger partial charge < -0.3 is 9.84 Å². The van der Waals surface area contributed by atoms with Crippen molar-refractivity contribution in [3.05, 3.63) is 0 Å². The van der Waals surface area contributed by atoms with E-state index < -0.39 is 11.6 Å². The van der Waals surface area contributed by atoms with Crippen molar-refractivity contribution in [3.8, 4) is 0 Å². The van der Waals surface area contributed by atoms with Gasteiger partial charge in [-0.15, -0.1) is 0 Å². The molecular weight excluding hydrogens is 352 g/mol. The third kappa shape index (κ3) is 2.58. The number of hydrogen-bond donors (Lipinski definition) is 1. The quantitative estimate of drug-likeness (QED) is 0.711. The number of carbonyl (C=O) groups is 2. The predicted molar refractivity (Wildman–Crippen MR) is 108 cm³/mol. The third-order valence-electron chi connectivity index (χ3n) is 10.4. The van der Waals surface area contributed by atoms with Crippen LogP contribution in [0.3, 0.4) is 0 Å². The fourth-order valence-electron chi connectivity index (χ4n) is 8.37. The molecule has 0 unspecified atom stereocenters. The molecule has 1 N–H and O–H groups in total. The van der Waals surface area contributed by atoms with Gasteiger partial charge in [-0.1, -0.05) is 33.6 Å². The van der Waals surface area contributed by atoms with Gasteiger partial charge in [-0.25, -0.2) is 0 Å². The minimum Gasteiger partial charge on any atom is -0.458 e. The first-order valence-corrected chi connectivity index (χ1v) is 11.5. The first-order valence-electron chi connectivity index (χ1n) is 11.5. The van der Waals surface area contributed by atoms with Crippen molar-refractivity contribution in [3.63, 3.8) is 0 Å². The van der Waals surface area contributed by atoms with Gasteiger partial charge in [-0.05, 0) is 80.0 Å². The number of hydrogen-bond acceptors (Lipinski definition) is 4. The number of aliphatic hydroxyl groups is 1. The van der Waals surface area contributed by atoms with Gasteiger partial charge in [0.15, 0.2) is 6.61 Å². The summed E-state index contributed by atoms with van der Waals surface area (Å²) in [5.74, 6) is 0.981. The van der Waals surface area contributed by atoms with Crippen molar-refractivity contribution >= 4 is 11.8 Å². The van der Waals surface area contributed by atoms with Crippen LogP contribution in [-0.2, 0) is 14.3 Å². The molecule has 4 nitrogen and oxygen atoms in total. The van der Waals surface area contributed by atoms with E-state index in [2.05, 4.69) is 20.8 Å². The molecule has 0 aromatic heterocycles. The minimum atomic E-state index is -1.34. The highest BCUT2D eigenvalue weighted by molar-refractivity contribution is 5.90. The van der Waals surface area contributed by atoms with Gasteiger partial charge in [0.2, 0.25) is 5.78 Å². The average Bonchev–Trinajstić information content (AvgIpc) is 2.92. The maximum Gasteiger partial charge on any atom is 0.303 e. The van der Waals surface area contributed by atoms with E-state index in [9.17, 15) is 14.7 Å². The lowest BCUT2D eigenvalue weighted by Crippen LogP contribution is -2.60. The number of fused-ring (bicyclic) bond motifs is 5. The Labute approximate surface area is 169 Å². The van der Waals surface area contributed by atoms with Crippen LogP contribution in [0.25, 0.3) is 0 Å². The molecule has 4 aliphatic carbocycles. The molecule has 4 aliphatic rings. The largest absolute Gasteiger partial charge is 0.458 e. The molecule has 0 spiro atoms. The Morgan fingerprint density at radius 3 is 2.25 bits per heavy atom. The molecule has 4 rings (SSSR count). The first-order chi connectivity index (χ1) is 13.1. The lowest BCUT2D eigenvalue weighted by Gasteiger charge is -2.65. The van der Waals surface area contributed by atoms with Crippen LogP contribution in [0.4, 0.5) is 0 Å². The number of ketones is 1. The van der Waals surface area contributed by atoms with Crippen LogP contribution in [0.15, 0.2) is 0 Å². The Kier molecular flexibility index (Phi) is 4.77. The van der Waals surface area contributed by atoms with Crippen LogP contribution in [0.1, 0.15) is 91.9 Å². The summed E-state index contributed by atoms with van der Waals surface area (Å²) < 4.78 is 4.96. The third-order valence-corrected chi connectivity index (χ3v) is 10.4. The lowest BCUT2D eigenvalue weighted by molar-refractivity contribution is -0.184. The van der Waals surface area contributed by atoms with Crippen LogP contribution in [-0.4, -0.2) is 29.1 Å². The summed E-state index contributed by atoms with van der Waals surface area (Å²) in [5.41, 5.74) is -0.866. The Morgan fingerprint density at radius 1 is 0.893 bits per heavy atom. The van der Waals surface area contributed by atoms with E-state index in [4.69, 9.17) is 4.74 Å². The summed E-state index contributed by atoms with van der Waals surface area (Å²) in [6, 6.07) is 0. The highest BCUT2D eigenvalue weighted by atomic mass is 16.5. The Bertz CT molecular complexity index is 674. The van der Waals surface area contributed by atoms with Gasteiger partial charge in [0.05, 0.1) is 0 Å². The normalized spacial score (nSPS) is 50.2. The van der Waals surface area contributed by atoms with Gasteiger partial charge in [-0.2, -0.15) is 0 Å². The van der Waals surface area contributed by atoms with E-state index in [1.54, 1.807) is 0 Å². The van der Waals surface area contributed by atoms with Gasteiger partial charge in [0.25, 0.3) is 0 Å². The maximum atomic E-state index is 12.9. The molecule has 0 aromatic carbocycles. The molecule has 0 amide bonds. The average molecular weight is 391 g/mol. The second kappa shape index (κ2) is 6.55. The second-order valence-electron chi connectivity index (χ2n) is 11.2. The zero-order valence-corrected chi connectivity index (χ0v) is 18.2. The number of rotatable bonds is 3. The number of ether oxygens (including phenoxy) is 1. The molecule has 0 saturated heterocycles. The summed E-state index contributed by atoms with van der Waals surface area (Å²) in [5, 5.41) is 11.5. The van der Waals surface area contributed by atoms with Crippen LogP contribution in [0.5, 0.6) is 0 Å². The number of carbonyl (C=O) groups excluding carboxylic acids is 2. The summed E-state index contributed by atoms with van der Waals surface area (Å²) >= 11 is 0. The zero-order chi connectivity index (χ0) is 20.4. The van der Waals surface area contributed by atoms with Crippen molar-refractivity contribution in [2.24, 2.45) is 34.0 Å². The highest BCUT2D eigenvalue weighted by Crippen LogP contribution is 2.71. The van der Waals surface area contributed by atoms with Crippen LogP contribution >= 0.6 is 0 Å². The zero-order valence-electron chi connectivity index (χ0n) is 18.2. The van der Waals surface area contributed by atoms with E-state index >= 15 is 0 Å². The monoisotopic (exact) mass is 390 g/mol. The summed E-state index contributed by atoms with van der Waals surface area (Å²) in [6.45, 7) is 8.25. The highest BCUT2D eigenvalue weighted by Gasteiger charge is 2.67. The molecule has 4 fully saturated rings. The van der Waals surface area contributed by atoms with Gasteiger partial charge in [0, 0.05) is 12.3 Å². The molecule has 0 radical (unpaired) electrons. The lowest BCUT2D eigenvalue weighted by atomic mass is 9.40. The maximum absolute atomic E-state index is 12.9. The molecule has 0 bridgehead atoms. The van der Waals surface area contributed by atoms with Crippen molar-refractivity contribution in [1.29, 1.82) is 0 Å². The molecular formula is C24H38O4. The molecule has 28 heavy (non-hydrogen) atoms. The van der Waals surface area contributed by atoms with Crippen molar-refractivity contribution in [1.82, 2.24) is 0 Å². The predicted octanol–water partition coefficient (Wildman–Crippen LogP) is 4.67. The minimum absolute atomic E-state index is 0.294. The Balaban J connectivity index is 1.60. The second-order valence-corrected chi connectivity index (χ2v) is 11.2. The van der Waals surface area contributed by atoms with E-state index in [0.29, 0.717) is 29.1 Å². The number of esters is 1. The summed E-state index contributed by atoms with van der Waals surface area (Å²) in [6.07, 6.45) is 11.4. The molecule has 0 aromatic rings. The first kappa shape index (κ1) is 20.4. The van der Waals surface area contributed by atoms with Crippen LogP contribution < -0.4 is 0 Å². The van der Waals surface area contributed by atoms with E-state index in [0.717, 1.165) is 25.2 Å². The molecule has 0 heterocycles. The van der Waals surface area contributed by atoms with Gasteiger partial charge in [-0.3, -0.25) is 9.59 Å². The fraction of sp³-hybridized carbons (Fsp3) is 0.917.